The van der Waals surface area contributed by atoms with Crippen LogP contribution in [0.1, 0.15) is 87.1 Å². The van der Waals surface area contributed by atoms with Crippen molar-refractivity contribution >= 4 is 52.3 Å². The first-order valence-electron chi connectivity index (χ1n) is 20.2. The molecule has 0 radical (unpaired) electrons. The summed E-state index contributed by atoms with van der Waals surface area (Å²) in [6.45, 7) is 7.10. The first-order chi connectivity index (χ1) is 27.6. The van der Waals surface area contributed by atoms with Crippen LogP contribution in [0.3, 0.4) is 0 Å². The molecular formula is C44H45ClN6O6. The molecule has 4 fully saturated rings. The normalized spacial score (nSPS) is 26.4. The molecule has 12 nitrogen and oxygen atoms in total. The van der Waals surface area contributed by atoms with Crippen molar-refractivity contribution in [3.63, 3.8) is 0 Å². The topological polar surface area (TPSA) is 143 Å². The summed E-state index contributed by atoms with van der Waals surface area (Å²) in [4.78, 5) is 73.6. The van der Waals surface area contributed by atoms with Crippen molar-refractivity contribution in [3.8, 4) is 11.8 Å². The Morgan fingerprint density at radius 1 is 0.772 bits per heavy atom. The van der Waals surface area contributed by atoms with Gasteiger partial charge in [0.1, 0.15) is 11.8 Å². The second kappa shape index (κ2) is 15.3. The number of rotatable bonds is 8. The van der Waals surface area contributed by atoms with Gasteiger partial charge in [-0.15, -0.1) is 0 Å². The second-order valence-electron chi connectivity index (χ2n) is 16.5. The van der Waals surface area contributed by atoms with E-state index in [-0.39, 0.29) is 48.4 Å². The van der Waals surface area contributed by atoms with Gasteiger partial charge in [-0.2, -0.15) is 5.26 Å². The summed E-state index contributed by atoms with van der Waals surface area (Å²) in [6.07, 6.45) is 4.89. The van der Waals surface area contributed by atoms with Crippen LogP contribution in [0.5, 0.6) is 5.75 Å². The minimum atomic E-state index is -1.05. The van der Waals surface area contributed by atoms with Gasteiger partial charge in [-0.3, -0.25) is 34.2 Å². The van der Waals surface area contributed by atoms with Gasteiger partial charge in [-0.05, 0) is 98.5 Å². The molecule has 0 bridgehead atoms. The maximum atomic E-state index is 13.5. The second-order valence-corrected chi connectivity index (χ2v) is 16.9. The number of carbonyl (C=O) groups excluding carboxylic acids is 5. The fraction of sp³-hybridized carbons (Fsp3) is 0.455. The largest absolute Gasteiger partial charge is 0.490 e. The number of amides is 3. The number of Topliss-reactive ketones (excluding diaryl/α,β-unsaturated/α-hetero) is 2. The van der Waals surface area contributed by atoms with Crippen molar-refractivity contribution in [2.45, 2.75) is 63.6 Å². The maximum Gasteiger partial charge on any atom is 0.254 e. The van der Waals surface area contributed by atoms with Gasteiger partial charge in [0.2, 0.25) is 11.8 Å². The number of piperazine rings is 1. The number of anilines is 2. The van der Waals surface area contributed by atoms with Gasteiger partial charge in [0.25, 0.3) is 5.91 Å². The Bertz CT molecular complexity index is 2200. The molecule has 0 spiro atoms. The Labute approximate surface area is 336 Å². The fourth-order valence-electron chi connectivity index (χ4n) is 9.91. The van der Waals surface area contributed by atoms with E-state index in [0.29, 0.717) is 39.9 Å². The lowest BCUT2D eigenvalue weighted by molar-refractivity contribution is -0.137. The van der Waals surface area contributed by atoms with Gasteiger partial charge < -0.3 is 19.4 Å². The Balaban J connectivity index is 0.747. The van der Waals surface area contributed by atoms with Crippen molar-refractivity contribution in [2.24, 2.45) is 17.8 Å². The smallest absolute Gasteiger partial charge is 0.254 e. The molecule has 3 saturated heterocycles. The van der Waals surface area contributed by atoms with E-state index in [1.807, 2.05) is 23.1 Å². The zero-order valence-corrected chi connectivity index (χ0v) is 32.5. The van der Waals surface area contributed by atoms with E-state index in [2.05, 4.69) is 38.2 Å². The van der Waals surface area contributed by atoms with Crippen molar-refractivity contribution in [3.05, 3.63) is 87.4 Å². The van der Waals surface area contributed by atoms with Crippen LogP contribution in [-0.2, 0) is 16.1 Å². The molecule has 3 atom stereocenters. The third kappa shape index (κ3) is 7.16. The van der Waals surface area contributed by atoms with Crippen LogP contribution in [0.15, 0.2) is 54.6 Å². The predicted octanol–water partition coefficient (Wildman–Crippen LogP) is 5.25. The number of imide groups is 1. The summed E-state index contributed by atoms with van der Waals surface area (Å²) in [6, 6.07) is 19.2. The summed E-state index contributed by atoms with van der Waals surface area (Å²) in [7, 11) is 0. The standard InChI is InChI=1S/C44H45ClN6O6/c45-38-21-33(6-1-27(38)22-46)57-32-7-2-29(3-8-32)51-25-28-19-30(4-9-34(28)44(51)56)49-17-15-48(16-18-49)23-26-13-14-50(24-26)31-5-10-35-37(20-31)42(54)40(41(35)53)36-11-12-39(52)47-43(36)55/h1,4-6,9-10,19-21,26,29,32,36,40H,2-3,7-8,11-18,23-25H2,(H,47,52,55)/t26-,29-,32-,36?,40?/m1/s1. The van der Waals surface area contributed by atoms with Gasteiger partial charge in [-0.25, -0.2) is 0 Å². The van der Waals surface area contributed by atoms with Crippen molar-refractivity contribution in [1.29, 1.82) is 5.26 Å². The molecular weight excluding hydrogens is 744 g/mol. The minimum Gasteiger partial charge on any atom is -0.490 e. The van der Waals surface area contributed by atoms with Crippen LogP contribution in [0, 0.1) is 29.1 Å². The lowest BCUT2D eigenvalue weighted by atomic mass is 9.82. The van der Waals surface area contributed by atoms with Crippen LogP contribution in [0.25, 0.3) is 0 Å². The van der Waals surface area contributed by atoms with Crippen LogP contribution in [-0.4, -0.2) is 97.0 Å². The van der Waals surface area contributed by atoms with Gasteiger partial charge in [0.15, 0.2) is 11.6 Å². The lowest BCUT2D eigenvalue weighted by Gasteiger charge is -2.37. The minimum absolute atomic E-state index is 0.0519. The van der Waals surface area contributed by atoms with E-state index in [1.54, 1.807) is 24.3 Å². The number of nitriles is 1. The van der Waals surface area contributed by atoms with E-state index < -0.39 is 17.7 Å². The Kier molecular flexibility index (Phi) is 9.99. The molecule has 2 unspecified atom stereocenters. The number of halogens is 1. The van der Waals surface area contributed by atoms with E-state index in [0.717, 1.165) is 100 Å². The van der Waals surface area contributed by atoms with E-state index >= 15 is 0 Å². The molecule has 294 valence electrons. The predicted molar refractivity (Wildman–Crippen MR) is 213 cm³/mol. The van der Waals surface area contributed by atoms with Crippen LogP contribution < -0.4 is 19.9 Å². The third-order valence-electron chi connectivity index (χ3n) is 13.1. The molecule has 6 aliphatic rings. The zero-order chi connectivity index (χ0) is 39.4. The SMILES string of the molecule is N#Cc1ccc(O[C@H]2CC[C@H](N3Cc4cc(N5CCN(C[C@H]6CCN(c7ccc8c(c7)C(=O)C(C7CCC(=O)NC7=O)C8=O)C6)CC5)ccc4C3=O)CC2)cc1Cl. The molecule has 57 heavy (non-hydrogen) atoms. The molecule has 4 aliphatic heterocycles. The first kappa shape index (κ1) is 37.3. The highest BCUT2D eigenvalue weighted by Crippen LogP contribution is 2.39. The van der Waals surface area contributed by atoms with E-state index in [4.69, 9.17) is 21.6 Å². The summed E-state index contributed by atoms with van der Waals surface area (Å²) < 4.78 is 6.18. The Morgan fingerprint density at radius 3 is 2.25 bits per heavy atom. The number of benzene rings is 3. The van der Waals surface area contributed by atoms with Crippen LogP contribution in [0.2, 0.25) is 5.02 Å². The molecule has 1 N–H and O–H groups in total. The summed E-state index contributed by atoms with van der Waals surface area (Å²) in [5.74, 6) is -2.13. The molecule has 3 amide bonds. The number of piperidine rings is 1. The van der Waals surface area contributed by atoms with Gasteiger partial charge >= 0.3 is 0 Å². The number of nitrogens with one attached hydrogen (secondary N) is 1. The highest BCUT2D eigenvalue weighted by Gasteiger charge is 2.48. The first-order valence-corrected chi connectivity index (χ1v) is 20.6. The molecule has 2 aliphatic carbocycles. The summed E-state index contributed by atoms with van der Waals surface area (Å²) >= 11 is 6.20. The average molecular weight is 789 g/mol. The highest BCUT2D eigenvalue weighted by atomic mass is 35.5. The number of ketones is 2. The summed E-state index contributed by atoms with van der Waals surface area (Å²) in [5, 5.41) is 11.8. The molecule has 4 heterocycles. The van der Waals surface area contributed by atoms with Crippen molar-refractivity contribution < 1.29 is 28.7 Å². The molecule has 13 heteroatoms. The molecule has 3 aromatic carbocycles. The monoisotopic (exact) mass is 788 g/mol. The number of hydrogen-bond donors (Lipinski definition) is 1. The Morgan fingerprint density at radius 2 is 1.51 bits per heavy atom. The number of hydrogen-bond acceptors (Lipinski definition) is 10. The average Bonchev–Trinajstić information content (AvgIpc) is 3.89. The van der Waals surface area contributed by atoms with E-state index in [9.17, 15) is 24.0 Å². The lowest BCUT2D eigenvalue weighted by Crippen LogP contribution is -2.48. The number of fused-ring (bicyclic) bond motifs is 2. The van der Waals surface area contributed by atoms with Crippen molar-refractivity contribution in [1.82, 2.24) is 15.1 Å². The number of ether oxygens (including phenoxy) is 1. The zero-order valence-electron chi connectivity index (χ0n) is 31.8. The number of carbonyl (C=O) groups is 5. The quantitative estimate of drug-likeness (QED) is 0.238. The van der Waals surface area contributed by atoms with Gasteiger partial charge in [0, 0.05) is 99.0 Å². The number of nitrogens with zero attached hydrogens (tertiary/aromatic N) is 5. The van der Waals surface area contributed by atoms with Crippen LogP contribution in [0.4, 0.5) is 11.4 Å². The molecule has 1 saturated carbocycles. The highest BCUT2D eigenvalue weighted by molar-refractivity contribution is 6.32. The van der Waals surface area contributed by atoms with Gasteiger partial charge in [0.05, 0.1) is 28.5 Å². The Hall–Kier alpha value is -5.25. The van der Waals surface area contributed by atoms with Crippen LogP contribution >= 0.6 is 11.6 Å². The van der Waals surface area contributed by atoms with Crippen molar-refractivity contribution in [2.75, 3.05) is 55.6 Å². The third-order valence-corrected chi connectivity index (χ3v) is 13.4. The van der Waals surface area contributed by atoms with Gasteiger partial charge in [-0.1, -0.05) is 11.6 Å². The molecule has 9 rings (SSSR count). The maximum absolute atomic E-state index is 13.5. The molecule has 0 aromatic heterocycles. The van der Waals surface area contributed by atoms with E-state index in [1.165, 1.54) is 0 Å². The summed E-state index contributed by atoms with van der Waals surface area (Å²) in [5.41, 5.74) is 5.18. The fourth-order valence-corrected chi connectivity index (χ4v) is 10.1. The molecule has 3 aromatic rings.